The summed E-state index contributed by atoms with van der Waals surface area (Å²) in [6, 6.07) is 5.72. The molecule has 0 spiro atoms. The lowest BCUT2D eigenvalue weighted by molar-refractivity contribution is 0.471. The smallest absolute Gasteiger partial charge is 0.129 e. The Morgan fingerprint density at radius 2 is 2.13 bits per heavy atom. The molecule has 1 fully saturated rings. The monoisotopic (exact) mass is 269 g/mol. The first kappa shape index (κ1) is 11.0. The van der Waals surface area contributed by atoms with Crippen molar-refractivity contribution in [3.05, 3.63) is 28.2 Å². The second-order valence-corrected chi connectivity index (χ2v) is 5.71. The zero-order chi connectivity index (χ0) is 11.2. The number of phenols is 1. The molecule has 1 aromatic carbocycles. The highest BCUT2D eigenvalue weighted by atomic mass is 79.9. The first-order valence-electron chi connectivity index (χ1n) is 5.17. The second kappa shape index (κ2) is 3.49. The molecule has 0 amide bonds. The molecule has 2 rings (SSSR count). The third-order valence-electron chi connectivity index (χ3n) is 3.64. The van der Waals surface area contributed by atoms with Crippen molar-refractivity contribution in [3.8, 4) is 5.75 Å². The van der Waals surface area contributed by atoms with E-state index in [1.54, 1.807) is 6.07 Å². The van der Waals surface area contributed by atoms with E-state index in [-0.39, 0.29) is 0 Å². The number of rotatable bonds is 2. The minimum atomic E-state index is 0.293. The van der Waals surface area contributed by atoms with E-state index < -0.39 is 0 Å². The van der Waals surface area contributed by atoms with Crippen LogP contribution >= 0.6 is 15.9 Å². The average molecular weight is 270 g/mol. The van der Waals surface area contributed by atoms with Crippen molar-refractivity contribution in [3.63, 3.8) is 0 Å². The van der Waals surface area contributed by atoms with Gasteiger partial charge in [-0.2, -0.15) is 0 Å². The number of hydrogen-bond donors (Lipinski definition) is 2. The maximum absolute atomic E-state index is 9.43. The topological polar surface area (TPSA) is 46.2 Å². The second-order valence-electron chi connectivity index (χ2n) is 4.85. The van der Waals surface area contributed by atoms with E-state index in [2.05, 4.69) is 29.8 Å². The molecular formula is C12H16BrNO. The fourth-order valence-corrected chi connectivity index (χ4v) is 2.96. The molecule has 0 aliphatic heterocycles. The molecule has 15 heavy (non-hydrogen) atoms. The highest BCUT2D eigenvalue weighted by Gasteiger charge is 2.57. The minimum absolute atomic E-state index is 0.293. The highest BCUT2D eigenvalue weighted by Crippen LogP contribution is 2.64. The molecule has 1 aromatic rings. The van der Waals surface area contributed by atoms with Gasteiger partial charge >= 0.3 is 0 Å². The van der Waals surface area contributed by atoms with E-state index in [1.807, 2.05) is 12.1 Å². The Morgan fingerprint density at radius 3 is 2.60 bits per heavy atom. The molecule has 2 nitrogen and oxygen atoms in total. The molecule has 0 heterocycles. The number of aromatic hydroxyl groups is 1. The van der Waals surface area contributed by atoms with Crippen LogP contribution < -0.4 is 5.73 Å². The Morgan fingerprint density at radius 1 is 1.47 bits per heavy atom. The number of halogens is 1. The highest BCUT2D eigenvalue weighted by molar-refractivity contribution is 9.10. The molecule has 0 saturated heterocycles. The third-order valence-corrected chi connectivity index (χ3v) is 4.27. The molecule has 1 aliphatic carbocycles. The van der Waals surface area contributed by atoms with Crippen molar-refractivity contribution in [2.24, 2.45) is 17.1 Å². The Bertz CT molecular complexity index is 389. The van der Waals surface area contributed by atoms with Gasteiger partial charge in [-0.05, 0) is 57.4 Å². The summed E-state index contributed by atoms with van der Waals surface area (Å²) in [6.45, 7) is 5.22. The maximum Gasteiger partial charge on any atom is 0.129 e. The van der Waals surface area contributed by atoms with Crippen molar-refractivity contribution in [1.82, 2.24) is 0 Å². The number of phenolic OH excluding ortho intramolecular Hbond substituents is 1. The van der Waals surface area contributed by atoms with Crippen LogP contribution in [-0.2, 0) is 0 Å². The van der Waals surface area contributed by atoms with Crippen molar-refractivity contribution >= 4 is 15.9 Å². The van der Waals surface area contributed by atoms with Gasteiger partial charge in [0.25, 0.3) is 0 Å². The van der Waals surface area contributed by atoms with E-state index in [0.717, 1.165) is 11.0 Å². The average Bonchev–Trinajstić information content (AvgIpc) is 2.73. The third kappa shape index (κ3) is 1.68. The van der Waals surface area contributed by atoms with Gasteiger partial charge < -0.3 is 10.8 Å². The summed E-state index contributed by atoms with van der Waals surface area (Å²) < 4.78 is 0.762. The largest absolute Gasteiger partial charge is 0.507 e. The van der Waals surface area contributed by atoms with Gasteiger partial charge in [-0.1, -0.05) is 19.9 Å². The van der Waals surface area contributed by atoms with Gasteiger partial charge in [0.05, 0.1) is 4.47 Å². The van der Waals surface area contributed by atoms with Crippen molar-refractivity contribution in [1.29, 1.82) is 0 Å². The summed E-state index contributed by atoms with van der Waals surface area (Å²) in [5.41, 5.74) is 7.30. The van der Waals surface area contributed by atoms with Crippen LogP contribution in [0.2, 0.25) is 0 Å². The normalized spacial score (nSPS) is 27.7. The lowest BCUT2D eigenvalue weighted by Gasteiger charge is -2.04. The fourth-order valence-electron chi connectivity index (χ4n) is 2.56. The molecule has 2 atom stereocenters. The van der Waals surface area contributed by atoms with Crippen molar-refractivity contribution < 1.29 is 5.11 Å². The quantitative estimate of drug-likeness (QED) is 0.868. The number of hydrogen-bond acceptors (Lipinski definition) is 2. The van der Waals surface area contributed by atoms with E-state index in [1.165, 1.54) is 5.56 Å². The Hall–Kier alpha value is -0.540. The Kier molecular flexibility index (Phi) is 2.55. The van der Waals surface area contributed by atoms with Crippen LogP contribution in [0.25, 0.3) is 0 Å². The summed E-state index contributed by atoms with van der Waals surface area (Å²) in [7, 11) is 0. The number of benzene rings is 1. The van der Waals surface area contributed by atoms with E-state index in [9.17, 15) is 5.11 Å². The van der Waals surface area contributed by atoms with Gasteiger partial charge in [0.2, 0.25) is 0 Å². The van der Waals surface area contributed by atoms with Crippen molar-refractivity contribution in [2.45, 2.75) is 19.8 Å². The summed E-state index contributed by atoms with van der Waals surface area (Å²) >= 11 is 3.34. The van der Waals surface area contributed by atoms with E-state index >= 15 is 0 Å². The number of nitrogens with two attached hydrogens (primary N) is 1. The Labute approximate surface area is 98.6 Å². The van der Waals surface area contributed by atoms with Crippen LogP contribution in [0, 0.1) is 11.3 Å². The predicted molar refractivity (Wildman–Crippen MR) is 64.9 cm³/mol. The molecular weight excluding hydrogens is 254 g/mol. The lowest BCUT2D eigenvalue weighted by Crippen LogP contribution is -2.05. The molecule has 0 aromatic heterocycles. The molecule has 1 aliphatic rings. The van der Waals surface area contributed by atoms with Crippen molar-refractivity contribution in [2.75, 3.05) is 6.54 Å². The zero-order valence-corrected chi connectivity index (χ0v) is 10.6. The summed E-state index contributed by atoms with van der Waals surface area (Å²) in [6.07, 6.45) is 0. The summed E-state index contributed by atoms with van der Waals surface area (Å²) in [5, 5.41) is 9.43. The molecule has 0 unspecified atom stereocenters. The minimum Gasteiger partial charge on any atom is -0.507 e. The lowest BCUT2D eigenvalue weighted by atomic mass is 10.0. The van der Waals surface area contributed by atoms with Crippen LogP contribution in [0.4, 0.5) is 0 Å². The summed E-state index contributed by atoms with van der Waals surface area (Å²) in [4.78, 5) is 0. The van der Waals surface area contributed by atoms with E-state index in [0.29, 0.717) is 23.0 Å². The van der Waals surface area contributed by atoms with Gasteiger partial charge in [-0.15, -0.1) is 0 Å². The van der Waals surface area contributed by atoms with Gasteiger partial charge in [0.15, 0.2) is 0 Å². The summed E-state index contributed by atoms with van der Waals surface area (Å²) in [5.74, 6) is 1.38. The maximum atomic E-state index is 9.43. The molecule has 3 heteroatoms. The zero-order valence-electron chi connectivity index (χ0n) is 9.00. The molecule has 3 N–H and O–H groups in total. The Balaban J connectivity index is 2.29. The van der Waals surface area contributed by atoms with Gasteiger partial charge in [-0.25, -0.2) is 0 Å². The van der Waals surface area contributed by atoms with Gasteiger partial charge in [-0.3, -0.25) is 0 Å². The fraction of sp³-hybridized carbons (Fsp3) is 0.500. The van der Waals surface area contributed by atoms with E-state index in [4.69, 9.17) is 5.73 Å². The SMILES string of the molecule is CC1(C)[C@@H](CN)[C@@H]1c1ccc(O)c(Br)c1. The molecule has 0 bridgehead atoms. The van der Waals surface area contributed by atoms with Crippen LogP contribution in [0.1, 0.15) is 25.3 Å². The van der Waals surface area contributed by atoms with Crippen LogP contribution in [0.15, 0.2) is 22.7 Å². The van der Waals surface area contributed by atoms with Gasteiger partial charge in [0, 0.05) is 0 Å². The predicted octanol–water partition coefficient (Wildman–Crippen LogP) is 2.85. The van der Waals surface area contributed by atoms with Crippen LogP contribution in [0.5, 0.6) is 5.75 Å². The molecule has 82 valence electrons. The molecule has 0 radical (unpaired) electrons. The van der Waals surface area contributed by atoms with Crippen LogP contribution in [0.3, 0.4) is 0 Å². The standard InChI is InChI=1S/C12H16BrNO/c1-12(2)8(6-14)11(12)7-3-4-10(15)9(13)5-7/h3-5,8,11,15H,6,14H2,1-2H3/t8-,11-/m0/s1. The van der Waals surface area contributed by atoms with Crippen LogP contribution in [-0.4, -0.2) is 11.7 Å². The first-order chi connectivity index (χ1) is 6.98. The van der Waals surface area contributed by atoms with Gasteiger partial charge in [0.1, 0.15) is 5.75 Å². The first-order valence-corrected chi connectivity index (χ1v) is 5.96. The molecule has 1 saturated carbocycles.